The molecule has 1 aliphatic carbocycles. The Kier molecular flexibility index (Phi) is 4.93. The van der Waals surface area contributed by atoms with Crippen LogP contribution < -0.4 is 0 Å². The smallest absolute Gasteiger partial charge is 0.308 e. The summed E-state index contributed by atoms with van der Waals surface area (Å²) in [6.07, 6.45) is 6.60. The van der Waals surface area contributed by atoms with E-state index in [9.17, 15) is 19.5 Å². The molecule has 3 rings (SSSR count). The number of likely N-dealkylation sites (tertiary alicyclic amines) is 1. The van der Waals surface area contributed by atoms with Crippen LogP contribution in [0.15, 0.2) is 24.3 Å². The van der Waals surface area contributed by atoms with Crippen LogP contribution in [0.1, 0.15) is 72.6 Å². The van der Waals surface area contributed by atoms with Gasteiger partial charge in [-0.2, -0.15) is 0 Å². The molecule has 1 aromatic carbocycles. The fourth-order valence-electron chi connectivity index (χ4n) is 4.34. The lowest BCUT2D eigenvalue weighted by molar-refractivity contribution is -0.145. The minimum atomic E-state index is -0.832. The van der Waals surface area contributed by atoms with Gasteiger partial charge in [-0.3, -0.25) is 14.4 Å². The van der Waals surface area contributed by atoms with E-state index in [0.29, 0.717) is 17.5 Å². The number of benzene rings is 1. The summed E-state index contributed by atoms with van der Waals surface area (Å²) in [5.41, 5.74) is 0.770. The Bertz CT molecular complexity index is 691. The van der Waals surface area contributed by atoms with Crippen LogP contribution in [-0.2, 0) is 4.79 Å². The van der Waals surface area contributed by atoms with Gasteiger partial charge in [0.05, 0.1) is 5.92 Å². The standard InChI is InChI=1S/C20H25NO4/c1-14(22)15-6-5-7-16(12-15)18(23)21-13-17(19(24)25)8-11-20(21)9-3-2-4-10-20/h5-7,12,17H,2-4,8-11,13H2,1H3,(H,24,25). The zero-order valence-electron chi connectivity index (χ0n) is 14.7. The Morgan fingerprint density at radius 1 is 1.08 bits per heavy atom. The van der Waals surface area contributed by atoms with Crippen LogP contribution in [0.3, 0.4) is 0 Å². The molecule has 1 aromatic rings. The molecule has 1 saturated heterocycles. The first-order valence-corrected chi connectivity index (χ1v) is 9.09. The van der Waals surface area contributed by atoms with Crippen molar-refractivity contribution in [2.45, 2.75) is 57.4 Å². The Morgan fingerprint density at radius 3 is 2.40 bits per heavy atom. The molecule has 1 amide bonds. The molecule has 5 heteroatoms. The summed E-state index contributed by atoms with van der Waals surface area (Å²) in [5.74, 6) is -1.56. The summed E-state index contributed by atoms with van der Waals surface area (Å²) in [5, 5.41) is 9.43. The van der Waals surface area contributed by atoms with Gasteiger partial charge in [-0.15, -0.1) is 0 Å². The molecule has 2 fully saturated rings. The monoisotopic (exact) mass is 343 g/mol. The van der Waals surface area contributed by atoms with Crippen molar-refractivity contribution in [2.24, 2.45) is 5.92 Å². The van der Waals surface area contributed by atoms with E-state index in [-0.39, 0.29) is 23.8 Å². The number of ketones is 1. The van der Waals surface area contributed by atoms with E-state index in [2.05, 4.69) is 0 Å². The van der Waals surface area contributed by atoms with E-state index in [1.54, 1.807) is 24.3 Å². The Labute approximate surface area is 148 Å². The Balaban J connectivity index is 1.93. The normalized spacial score (nSPS) is 22.6. The summed E-state index contributed by atoms with van der Waals surface area (Å²) >= 11 is 0. The molecule has 0 radical (unpaired) electrons. The van der Waals surface area contributed by atoms with Gasteiger partial charge in [-0.25, -0.2) is 0 Å². The number of Topliss-reactive ketones (excluding diaryl/α,β-unsaturated/α-hetero) is 1. The van der Waals surface area contributed by atoms with Gasteiger partial charge in [0.15, 0.2) is 5.78 Å². The summed E-state index contributed by atoms with van der Waals surface area (Å²) in [7, 11) is 0. The van der Waals surface area contributed by atoms with Crippen molar-refractivity contribution >= 4 is 17.7 Å². The third-order valence-electron chi connectivity index (χ3n) is 5.83. The number of carbonyl (C=O) groups excluding carboxylic acids is 2. The Morgan fingerprint density at radius 2 is 1.76 bits per heavy atom. The average Bonchev–Trinajstić information content (AvgIpc) is 2.62. The molecule has 1 aliphatic heterocycles. The van der Waals surface area contributed by atoms with Gasteiger partial charge in [0.1, 0.15) is 0 Å². The third-order valence-corrected chi connectivity index (χ3v) is 5.83. The molecule has 1 atom stereocenters. The zero-order chi connectivity index (χ0) is 18.0. The zero-order valence-corrected chi connectivity index (χ0v) is 14.7. The largest absolute Gasteiger partial charge is 0.481 e. The number of amides is 1. The number of carboxylic acid groups (broad SMARTS) is 1. The van der Waals surface area contributed by atoms with Gasteiger partial charge in [-0.1, -0.05) is 31.4 Å². The van der Waals surface area contributed by atoms with Crippen LogP contribution >= 0.6 is 0 Å². The van der Waals surface area contributed by atoms with Gasteiger partial charge in [0.2, 0.25) is 0 Å². The fourth-order valence-corrected chi connectivity index (χ4v) is 4.34. The molecule has 134 valence electrons. The number of hydrogen-bond donors (Lipinski definition) is 1. The summed E-state index contributed by atoms with van der Waals surface area (Å²) < 4.78 is 0. The van der Waals surface area contributed by atoms with Gasteiger partial charge < -0.3 is 10.0 Å². The van der Waals surface area contributed by atoms with E-state index >= 15 is 0 Å². The van der Waals surface area contributed by atoms with Crippen molar-refractivity contribution in [3.63, 3.8) is 0 Å². The topological polar surface area (TPSA) is 74.7 Å². The number of carbonyl (C=O) groups is 3. The summed E-state index contributed by atoms with van der Waals surface area (Å²) in [4.78, 5) is 38.2. The minimum Gasteiger partial charge on any atom is -0.481 e. The second-order valence-electron chi connectivity index (χ2n) is 7.41. The number of aliphatic carboxylic acids is 1. The van der Waals surface area contributed by atoms with Crippen LogP contribution in [0, 0.1) is 5.92 Å². The van der Waals surface area contributed by atoms with Crippen molar-refractivity contribution in [1.82, 2.24) is 4.90 Å². The van der Waals surface area contributed by atoms with Crippen LogP contribution in [-0.4, -0.2) is 39.7 Å². The molecular weight excluding hydrogens is 318 g/mol. The van der Waals surface area contributed by atoms with Crippen molar-refractivity contribution in [2.75, 3.05) is 6.54 Å². The lowest BCUT2D eigenvalue weighted by atomic mass is 9.72. The SMILES string of the molecule is CC(=O)c1cccc(C(=O)N2CC(C(=O)O)CCC23CCCCC3)c1. The summed E-state index contributed by atoms with van der Waals surface area (Å²) in [6, 6.07) is 6.77. The molecular formula is C20H25NO4. The van der Waals surface area contributed by atoms with Crippen LogP contribution in [0.25, 0.3) is 0 Å². The molecule has 1 heterocycles. The fraction of sp³-hybridized carbons (Fsp3) is 0.550. The van der Waals surface area contributed by atoms with Gasteiger partial charge in [-0.05, 0) is 44.7 Å². The molecule has 1 spiro atoms. The predicted molar refractivity (Wildman–Crippen MR) is 93.7 cm³/mol. The van der Waals surface area contributed by atoms with Gasteiger partial charge in [0, 0.05) is 23.2 Å². The van der Waals surface area contributed by atoms with E-state index < -0.39 is 11.9 Å². The highest BCUT2D eigenvalue weighted by atomic mass is 16.4. The van der Waals surface area contributed by atoms with Crippen molar-refractivity contribution in [3.05, 3.63) is 35.4 Å². The van der Waals surface area contributed by atoms with Crippen molar-refractivity contribution in [1.29, 1.82) is 0 Å². The van der Waals surface area contributed by atoms with E-state index in [1.807, 2.05) is 4.90 Å². The highest BCUT2D eigenvalue weighted by Gasteiger charge is 2.46. The maximum Gasteiger partial charge on any atom is 0.308 e. The maximum atomic E-state index is 13.2. The predicted octanol–water partition coefficient (Wildman–Crippen LogP) is 3.53. The molecule has 2 aliphatic rings. The molecule has 0 bridgehead atoms. The molecule has 1 saturated carbocycles. The number of rotatable bonds is 3. The number of piperidine rings is 1. The van der Waals surface area contributed by atoms with Gasteiger partial charge in [0.25, 0.3) is 5.91 Å². The van der Waals surface area contributed by atoms with E-state index in [4.69, 9.17) is 0 Å². The van der Waals surface area contributed by atoms with E-state index in [0.717, 1.165) is 32.1 Å². The first-order valence-electron chi connectivity index (χ1n) is 9.09. The minimum absolute atomic E-state index is 0.0795. The second-order valence-corrected chi connectivity index (χ2v) is 7.41. The second kappa shape index (κ2) is 6.98. The third kappa shape index (κ3) is 3.46. The highest BCUT2D eigenvalue weighted by Crippen LogP contribution is 2.42. The first-order chi connectivity index (χ1) is 11.9. The van der Waals surface area contributed by atoms with Crippen molar-refractivity contribution < 1.29 is 19.5 Å². The van der Waals surface area contributed by atoms with Crippen molar-refractivity contribution in [3.8, 4) is 0 Å². The lowest BCUT2D eigenvalue weighted by Gasteiger charge is -2.51. The maximum absolute atomic E-state index is 13.2. The molecule has 0 aromatic heterocycles. The van der Waals surface area contributed by atoms with E-state index in [1.165, 1.54) is 13.3 Å². The number of carboxylic acids is 1. The summed E-state index contributed by atoms with van der Waals surface area (Å²) in [6.45, 7) is 1.74. The molecule has 5 nitrogen and oxygen atoms in total. The van der Waals surface area contributed by atoms with Crippen LogP contribution in [0.4, 0.5) is 0 Å². The first kappa shape index (κ1) is 17.6. The number of hydrogen-bond acceptors (Lipinski definition) is 3. The van der Waals surface area contributed by atoms with Crippen LogP contribution in [0.2, 0.25) is 0 Å². The van der Waals surface area contributed by atoms with Gasteiger partial charge >= 0.3 is 5.97 Å². The lowest BCUT2D eigenvalue weighted by Crippen LogP contribution is -2.58. The molecule has 25 heavy (non-hydrogen) atoms. The number of nitrogens with zero attached hydrogens (tertiary/aromatic N) is 1. The molecule has 1 unspecified atom stereocenters. The Hall–Kier alpha value is -2.17. The van der Waals surface area contributed by atoms with Crippen LogP contribution in [0.5, 0.6) is 0 Å². The quantitative estimate of drug-likeness (QED) is 0.852. The average molecular weight is 343 g/mol. The highest BCUT2D eigenvalue weighted by molar-refractivity contribution is 6.00. The molecule has 1 N–H and O–H groups in total.